The molecule has 60 heavy (non-hydrogen) atoms. The highest BCUT2D eigenvalue weighted by molar-refractivity contribution is 5.97. The van der Waals surface area contributed by atoms with Gasteiger partial charge in [-0.1, -0.05) is 26.0 Å². The van der Waals surface area contributed by atoms with E-state index in [4.69, 9.17) is 64.1 Å². The molecule has 0 aliphatic rings. The van der Waals surface area contributed by atoms with Gasteiger partial charge in [0.25, 0.3) is 17.9 Å². The molecular formula is C36H63N11O13. The van der Waals surface area contributed by atoms with E-state index in [1.807, 2.05) is 0 Å². The summed E-state index contributed by atoms with van der Waals surface area (Å²) in [5.74, 6) is -7.92. The quantitative estimate of drug-likeness (QED) is 0.0308. The second-order valence-electron chi connectivity index (χ2n) is 13.3. The predicted octanol–water partition coefficient (Wildman–Crippen LogP) is -3.33. The molecular weight excluding hydrogens is 794 g/mol. The predicted molar refractivity (Wildman–Crippen MR) is 218 cm³/mol. The van der Waals surface area contributed by atoms with E-state index in [2.05, 4.69) is 26.3 Å². The summed E-state index contributed by atoms with van der Waals surface area (Å²) >= 11 is 0. The highest BCUT2D eigenvalue weighted by Gasteiger charge is 2.33. The van der Waals surface area contributed by atoms with Gasteiger partial charge in [-0.2, -0.15) is 0 Å². The zero-order chi connectivity index (χ0) is 47.1. The van der Waals surface area contributed by atoms with Crippen LogP contribution in [0.5, 0.6) is 5.75 Å². The molecule has 1 aromatic rings. The molecule has 1 rings (SSSR count). The van der Waals surface area contributed by atoms with Crippen molar-refractivity contribution in [2.45, 2.75) is 110 Å². The number of carbonyl (C=O) groups excluding carboxylic acids is 6. The van der Waals surface area contributed by atoms with Gasteiger partial charge in [0.2, 0.25) is 35.4 Å². The Balaban J connectivity index is -0.00000237. The van der Waals surface area contributed by atoms with Gasteiger partial charge in [0.05, 0.1) is 12.5 Å². The number of guanidine groups is 1. The summed E-state index contributed by atoms with van der Waals surface area (Å²) in [6.45, 7) is 7.11. The molecule has 5 atom stereocenters. The van der Waals surface area contributed by atoms with E-state index in [0.29, 0.717) is 31.4 Å². The SMILES string of the molecule is CC(=O)O.CC(=O)O.CC(=O)O.CC(C)[C@H](NC(=O)[C@H](CC(N)=O)NC(=O)[C@H](CCCCN)NC(=O)[C@@H](N)CCCN=C(N)N)C(=O)N[C@@H](Cc1ccc(O)cc1)C(N)=O. The average molecular weight is 858 g/mol. The second kappa shape index (κ2) is 32.4. The van der Waals surface area contributed by atoms with Crippen LogP contribution in [0, 0.1) is 5.92 Å². The van der Waals surface area contributed by atoms with Gasteiger partial charge in [0.1, 0.15) is 29.9 Å². The Hall–Kier alpha value is -6.56. The van der Waals surface area contributed by atoms with Crippen LogP contribution in [0.25, 0.3) is 0 Å². The first-order valence-electron chi connectivity index (χ1n) is 18.4. The first-order chi connectivity index (χ1) is 27.7. The first-order valence-corrected chi connectivity index (χ1v) is 18.4. The Morgan fingerprint density at radius 1 is 0.650 bits per heavy atom. The number of primary amides is 2. The monoisotopic (exact) mass is 857 g/mol. The molecule has 24 heteroatoms. The Bertz CT molecular complexity index is 1530. The van der Waals surface area contributed by atoms with Crippen LogP contribution in [0.15, 0.2) is 29.3 Å². The number of aliphatic imine (C=N–C) groups is 1. The summed E-state index contributed by atoms with van der Waals surface area (Å²) < 4.78 is 0. The van der Waals surface area contributed by atoms with Crippen LogP contribution >= 0.6 is 0 Å². The molecule has 0 unspecified atom stereocenters. The van der Waals surface area contributed by atoms with E-state index in [-0.39, 0.29) is 37.5 Å². The Morgan fingerprint density at radius 2 is 1.12 bits per heavy atom. The van der Waals surface area contributed by atoms with Gasteiger partial charge in [-0.15, -0.1) is 0 Å². The van der Waals surface area contributed by atoms with Gasteiger partial charge in [-0.05, 0) is 62.3 Å². The Kier molecular flexibility index (Phi) is 31.2. The first kappa shape index (κ1) is 57.8. The number of carboxylic acids is 3. The normalized spacial score (nSPS) is 12.5. The van der Waals surface area contributed by atoms with Crippen molar-refractivity contribution in [1.29, 1.82) is 0 Å². The molecule has 340 valence electrons. The molecule has 0 spiro atoms. The number of rotatable bonds is 22. The fraction of sp³-hybridized carbons (Fsp3) is 0.556. The lowest BCUT2D eigenvalue weighted by Crippen LogP contribution is -2.60. The van der Waals surface area contributed by atoms with Crippen LogP contribution in [-0.2, 0) is 49.6 Å². The number of carbonyl (C=O) groups is 9. The van der Waals surface area contributed by atoms with Gasteiger partial charge in [0.15, 0.2) is 5.96 Å². The van der Waals surface area contributed by atoms with Crippen molar-refractivity contribution < 1.29 is 63.6 Å². The van der Waals surface area contributed by atoms with Gasteiger partial charge in [0, 0.05) is 33.7 Å². The van der Waals surface area contributed by atoms with Crippen molar-refractivity contribution in [3.05, 3.63) is 29.8 Å². The van der Waals surface area contributed by atoms with Crippen LogP contribution < -0.4 is 55.7 Å². The van der Waals surface area contributed by atoms with Crippen molar-refractivity contribution in [3.63, 3.8) is 0 Å². The zero-order valence-electron chi connectivity index (χ0n) is 34.5. The van der Waals surface area contributed by atoms with Crippen LogP contribution in [-0.4, -0.2) is 123 Å². The average Bonchev–Trinajstić information content (AvgIpc) is 3.10. The highest BCUT2D eigenvalue weighted by atomic mass is 16.4. The molecule has 20 N–H and O–H groups in total. The Labute approximate surface area is 347 Å². The van der Waals surface area contributed by atoms with Crippen molar-refractivity contribution >= 4 is 59.3 Å². The molecule has 0 aliphatic carbocycles. The molecule has 0 heterocycles. The third-order valence-electron chi connectivity index (χ3n) is 7.21. The summed E-state index contributed by atoms with van der Waals surface area (Å²) in [4.78, 5) is 108. The lowest BCUT2D eigenvalue weighted by Gasteiger charge is -2.27. The lowest BCUT2D eigenvalue weighted by molar-refractivity contribution is -0.136. The molecule has 24 nitrogen and oxygen atoms in total. The van der Waals surface area contributed by atoms with E-state index >= 15 is 0 Å². The maximum Gasteiger partial charge on any atom is 0.300 e. The third kappa shape index (κ3) is 32.5. The van der Waals surface area contributed by atoms with Crippen molar-refractivity contribution in [2.24, 2.45) is 45.3 Å². The summed E-state index contributed by atoms with van der Waals surface area (Å²) in [6, 6.07) is -0.0711. The number of hydrogen-bond donors (Lipinski definition) is 14. The number of nitrogens with two attached hydrogens (primary N) is 6. The van der Waals surface area contributed by atoms with Crippen LogP contribution in [0.3, 0.4) is 0 Å². The number of hydrogen-bond acceptors (Lipinski definition) is 13. The molecule has 6 amide bonds. The second-order valence-corrected chi connectivity index (χ2v) is 13.3. The Morgan fingerprint density at radius 3 is 1.55 bits per heavy atom. The van der Waals surface area contributed by atoms with Gasteiger partial charge in [-0.25, -0.2) is 0 Å². The number of benzene rings is 1. The summed E-state index contributed by atoms with van der Waals surface area (Å²) in [7, 11) is 0. The number of nitrogens with one attached hydrogen (secondary N) is 4. The van der Waals surface area contributed by atoms with Gasteiger partial charge >= 0.3 is 0 Å². The standard InChI is InChI=1S/C30H51N11O7.3C2H4O2/c1-16(2)24(29(48)39-21(25(34)44)14-17-8-10-18(42)11-9-17)41-28(47)22(15-23(33)43)40-27(46)20(7-3-4-12-31)38-26(45)19(32)6-5-13-37-30(35)36;3*1-2(3)4/h8-11,16,19-22,24,42H,3-7,12-15,31-32H2,1-2H3,(H2,33,43)(H2,34,44)(H,38,45)(H,39,48)(H,40,46)(H,41,47)(H4,35,36,37);3*1H3,(H,3,4)/t19-,20-,21-,22-,24-;;;/m0.../s1. The molecule has 0 aliphatic heterocycles. The minimum atomic E-state index is -1.52. The number of nitrogens with zero attached hydrogens (tertiary/aromatic N) is 1. The minimum Gasteiger partial charge on any atom is -0.508 e. The number of unbranched alkanes of at least 4 members (excludes halogenated alkanes) is 1. The van der Waals surface area contributed by atoms with Gasteiger partial charge in [-0.3, -0.25) is 48.1 Å². The number of phenols is 1. The third-order valence-corrected chi connectivity index (χ3v) is 7.21. The lowest BCUT2D eigenvalue weighted by atomic mass is 10.00. The van der Waals surface area contributed by atoms with Crippen LogP contribution in [0.2, 0.25) is 0 Å². The van der Waals surface area contributed by atoms with E-state index in [1.165, 1.54) is 12.1 Å². The number of aliphatic carboxylic acids is 3. The maximum atomic E-state index is 13.4. The van der Waals surface area contributed by atoms with E-state index < -0.39 is 95.9 Å². The minimum absolute atomic E-state index is 0.0116. The fourth-order valence-electron chi connectivity index (χ4n) is 4.51. The molecule has 0 aromatic heterocycles. The number of phenolic OH excluding ortho intramolecular Hbond substituents is 1. The number of amides is 6. The van der Waals surface area contributed by atoms with Gasteiger partial charge < -0.3 is 76.1 Å². The highest BCUT2D eigenvalue weighted by Crippen LogP contribution is 2.12. The summed E-state index contributed by atoms with van der Waals surface area (Å²) in [5, 5.41) is 41.8. The maximum absolute atomic E-state index is 13.4. The smallest absolute Gasteiger partial charge is 0.300 e. The number of aromatic hydroxyl groups is 1. The van der Waals surface area contributed by atoms with Crippen LogP contribution in [0.1, 0.15) is 78.7 Å². The summed E-state index contributed by atoms with van der Waals surface area (Å²) in [5.41, 5.74) is 33.7. The van der Waals surface area contributed by atoms with Crippen LogP contribution in [0.4, 0.5) is 0 Å². The molecule has 0 radical (unpaired) electrons. The number of carboxylic acid groups (broad SMARTS) is 3. The van der Waals surface area contributed by atoms with Crippen molar-refractivity contribution in [1.82, 2.24) is 21.3 Å². The van der Waals surface area contributed by atoms with E-state index in [1.54, 1.807) is 26.0 Å². The summed E-state index contributed by atoms with van der Waals surface area (Å²) in [6.07, 6.45) is 1.14. The fourth-order valence-corrected chi connectivity index (χ4v) is 4.51. The van der Waals surface area contributed by atoms with Crippen molar-refractivity contribution in [3.8, 4) is 5.75 Å². The van der Waals surface area contributed by atoms with Crippen molar-refractivity contribution in [2.75, 3.05) is 13.1 Å². The molecule has 0 saturated carbocycles. The van der Waals surface area contributed by atoms with E-state index in [0.717, 1.165) is 20.8 Å². The zero-order valence-corrected chi connectivity index (χ0v) is 34.5. The largest absolute Gasteiger partial charge is 0.508 e. The molecule has 0 bridgehead atoms. The molecule has 0 saturated heterocycles. The molecule has 0 fully saturated rings. The topological polar surface area (TPSA) is 451 Å². The van der Waals surface area contributed by atoms with E-state index in [9.17, 15) is 33.9 Å². The molecule has 1 aromatic carbocycles.